The molecule has 15 nitrogen and oxygen atoms in total. The second-order valence-electron chi connectivity index (χ2n) is 8.80. The largest absolute Gasteiger partial charge is 0.872 e. The lowest BCUT2D eigenvalue weighted by molar-refractivity contribution is -0.268. The minimum absolute atomic E-state index is 0.152. The van der Waals surface area contributed by atoms with Crippen LogP contribution in [0.1, 0.15) is 23.7 Å². The molecule has 0 spiro atoms. The maximum Gasteiger partial charge on any atom is 0.466 e. The molecule has 17 heteroatoms. The molecule has 1 fully saturated rings. The Hall–Kier alpha value is -3.42. The van der Waals surface area contributed by atoms with Crippen LogP contribution in [0.2, 0.25) is 0 Å². The third-order valence-electron chi connectivity index (χ3n) is 5.79. The lowest BCUT2D eigenvalue weighted by Crippen LogP contribution is -2.58. The van der Waals surface area contributed by atoms with Crippen LogP contribution in [0.3, 0.4) is 0 Å². The van der Waals surface area contributed by atoms with Gasteiger partial charge in [-0.25, -0.2) is 9.08 Å². The Labute approximate surface area is 244 Å². The molecule has 0 bridgehead atoms. The van der Waals surface area contributed by atoms with Gasteiger partial charge in [0, 0.05) is 12.5 Å². The number of benzene rings is 2. The van der Waals surface area contributed by atoms with Crippen molar-refractivity contribution < 1.29 is 66.9 Å². The Kier molecular flexibility index (Phi) is 11.5. The summed E-state index contributed by atoms with van der Waals surface area (Å²) in [4.78, 5) is 12.2. The van der Waals surface area contributed by atoms with Gasteiger partial charge in [0.15, 0.2) is 11.5 Å². The molecule has 3 rings (SSSR count). The Balaban J connectivity index is 1.68. The molecule has 1 heterocycles. The fourth-order valence-electron chi connectivity index (χ4n) is 3.64. The van der Waals surface area contributed by atoms with Crippen LogP contribution in [0.15, 0.2) is 53.7 Å². The van der Waals surface area contributed by atoms with E-state index in [1.165, 1.54) is 49.6 Å². The van der Waals surface area contributed by atoms with Crippen molar-refractivity contribution in [3.8, 4) is 17.2 Å². The lowest BCUT2D eigenvalue weighted by atomic mass is 10.0. The Morgan fingerprint density at radius 1 is 1.14 bits per heavy atom. The number of aliphatic hydroxyl groups is 4. The summed E-state index contributed by atoms with van der Waals surface area (Å²) in [6.45, 7) is -0.586. The summed E-state index contributed by atoms with van der Waals surface area (Å²) in [7, 11) is -3.68. The first-order chi connectivity index (χ1) is 19.8. The van der Waals surface area contributed by atoms with E-state index in [-0.39, 0.29) is 27.9 Å². The second-order valence-corrected chi connectivity index (χ2v) is 11.0. The molecule has 0 radical (unpaired) electrons. The number of phenolic OH excluding ortho intramolecular Hbond substituents is 1. The monoisotopic (exact) mass is 630 g/mol. The predicted molar refractivity (Wildman–Crippen MR) is 144 cm³/mol. The summed E-state index contributed by atoms with van der Waals surface area (Å²) >= 11 is 0.492. The van der Waals surface area contributed by atoms with E-state index in [2.05, 4.69) is 9.44 Å². The molecule has 0 amide bonds. The first-order valence-electron chi connectivity index (χ1n) is 12.0. The Morgan fingerprint density at radius 2 is 1.83 bits per heavy atom. The van der Waals surface area contributed by atoms with Gasteiger partial charge in [0.25, 0.3) is 0 Å². The molecule has 6 atom stereocenters. The average Bonchev–Trinajstić information content (AvgIpc) is 2.94. The maximum absolute atomic E-state index is 12.2. The number of oxime groups is 1. The van der Waals surface area contributed by atoms with Gasteiger partial charge >= 0.3 is 16.4 Å². The molecular formula is C25H28NO14S2-. The van der Waals surface area contributed by atoms with Gasteiger partial charge in [-0.15, -0.1) is 5.75 Å². The molecule has 42 heavy (non-hydrogen) atoms. The number of rotatable bonds is 11. The molecule has 0 aromatic heterocycles. The van der Waals surface area contributed by atoms with Crippen LogP contribution in [0.5, 0.6) is 17.2 Å². The highest BCUT2D eigenvalue weighted by atomic mass is 32.3. The van der Waals surface area contributed by atoms with Crippen LogP contribution in [0, 0.1) is 0 Å². The van der Waals surface area contributed by atoms with Gasteiger partial charge in [0.1, 0.15) is 41.5 Å². The number of nitrogens with zero attached hydrogens (tertiary/aromatic N) is 1. The van der Waals surface area contributed by atoms with Crippen molar-refractivity contribution in [2.45, 2.75) is 42.4 Å². The molecule has 6 N–H and O–H groups in total. The smallest absolute Gasteiger partial charge is 0.466 e. The fraction of sp³-hybridized carbons (Fsp3) is 0.360. The van der Waals surface area contributed by atoms with Crippen LogP contribution in [0.25, 0.3) is 6.08 Å². The lowest BCUT2D eigenvalue weighted by Gasteiger charge is -2.40. The molecule has 2 aromatic rings. The van der Waals surface area contributed by atoms with E-state index in [9.17, 15) is 43.9 Å². The van der Waals surface area contributed by atoms with Crippen molar-refractivity contribution in [1.29, 1.82) is 0 Å². The van der Waals surface area contributed by atoms with Gasteiger partial charge in [-0.3, -0.25) is 4.55 Å². The number of ether oxygens (including phenoxy) is 3. The first kappa shape index (κ1) is 33.1. The van der Waals surface area contributed by atoms with E-state index >= 15 is 0 Å². The molecule has 0 unspecified atom stereocenters. The van der Waals surface area contributed by atoms with Gasteiger partial charge < -0.3 is 44.8 Å². The van der Waals surface area contributed by atoms with Crippen LogP contribution in [0.4, 0.5) is 0 Å². The van der Waals surface area contributed by atoms with Crippen molar-refractivity contribution in [1.82, 2.24) is 0 Å². The number of hydrogen-bond donors (Lipinski definition) is 6. The highest BCUT2D eigenvalue weighted by Crippen LogP contribution is 2.33. The SMILES string of the molecule is COc1ccc(/C=C/C(=O)OC[C@H]2O[C@@H](S/C(C[C@@H](O)c3ccc([O-])cc3)=N\OS(=O)(=O)O)[C@H](O)[C@@H](O)[C@@H]2O)cc1O. The van der Waals surface area contributed by atoms with Crippen molar-refractivity contribution in [3.63, 3.8) is 0 Å². The minimum atomic E-state index is -5.06. The highest BCUT2D eigenvalue weighted by molar-refractivity contribution is 8.14. The molecule has 230 valence electrons. The third-order valence-corrected chi connectivity index (χ3v) is 7.19. The number of aliphatic hydroxyl groups excluding tert-OH is 4. The van der Waals surface area contributed by atoms with E-state index in [1.54, 1.807) is 6.07 Å². The summed E-state index contributed by atoms with van der Waals surface area (Å²) in [6, 6.07) is 9.41. The molecular weight excluding hydrogens is 602 g/mol. The van der Waals surface area contributed by atoms with Crippen molar-refractivity contribution in [3.05, 3.63) is 59.7 Å². The molecule has 1 aliphatic heterocycles. The maximum atomic E-state index is 12.2. The normalized spacial score (nSPS) is 23.9. The average molecular weight is 631 g/mol. The summed E-state index contributed by atoms with van der Waals surface area (Å²) in [5.41, 5.74) is -0.762. The highest BCUT2D eigenvalue weighted by Gasteiger charge is 2.45. The van der Waals surface area contributed by atoms with Crippen molar-refractivity contribution in [2.75, 3.05) is 13.7 Å². The van der Waals surface area contributed by atoms with Crippen LogP contribution in [-0.4, -0.2) is 93.1 Å². The summed E-state index contributed by atoms with van der Waals surface area (Å²) in [5, 5.41) is 65.8. The fourth-order valence-corrected chi connectivity index (χ4v) is 4.97. The zero-order valence-corrected chi connectivity index (χ0v) is 23.4. The number of thioether (sulfide) groups is 1. The van der Waals surface area contributed by atoms with E-state index < -0.39 is 65.4 Å². The molecule has 0 saturated carbocycles. The van der Waals surface area contributed by atoms with Crippen molar-refractivity contribution in [2.24, 2.45) is 5.16 Å². The number of aromatic hydroxyl groups is 1. The van der Waals surface area contributed by atoms with E-state index in [1.807, 2.05) is 0 Å². The van der Waals surface area contributed by atoms with Gasteiger partial charge in [-0.05, 0) is 29.3 Å². The number of esters is 1. The molecule has 1 aliphatic rings. The van der Waals surface area contributed by atoms with Crippen LogP contribution in [-0.2, 0) is 29.0 Å². The number of carbonyl (C=O) groups is 1. The standard InChI is InChI=1S/C25H29NO14S2/c1-37-18-8-2-13(10-17(18)29)3-9-21(30)38-12-19-22(31)23(32)24(33)25(39-19)41-20(26-40-42(34,35)36)11-16(28)14-4-6-15(27)7-5-14/h2-10,16,19,22-25,27-29,31-33H,11-12H2,1H3,(H,34,35,36)/p-1/b9-3+,26-20-/t16-,19-,22-,23+,24-,25+/m1/s1. The second kappa shape index (κ2) is 14.7. The van der Waals surface area contributed by atoms with Crippen molar-refractivity contribution >= 4 is 39.2 Å². The van der Waals surface area contributed by atoms with Gasteiger partial charge in [0.2, 0.25) is 0 Å². The summed E-state index contributed by atoms with van der Waals surface area (Å²) in [6.07, 6.45) is -6.09. The van der Waals surface area contributed by atoms with Crippen LogP contribution < -0.4 is 9.84 Å². The van der Waals surface area contributed by atoms with E-state index in [4.69, 9.17) is 18.8 Å². The molecule has 0 aliphatic carbocycles. The quantitative estimate of drug-likeness (QED) is 0.0471. The topological polar surface area (TPSA) is 245 Å². The van der Waals surface area contributed by atoms with E-state index in [0.29, 0.717) is 17.3 Å². The molecule has 1 saturated heterocycles. The third kappa shape index (κ3) is 9.57. The van der Waals surface area contributed by atoms with Crippen LogP contribution >= 0.6 is 11.8 Å². The van der Waals surface area contributed by atoms with Gasteiger partial charge in [-0.1, -0.05) is 47.2 Å². The zero-order valence-electron chi connectivity index (χ0n) is 21.8. The zero-order chi connectivity index (χ0) is 31.0. The Morgan fingerprint density at radius 3 is 2.45 bits per heavy atom. The number of carbonyl (C=O) groups excluding carboxylic acids is 1. The summed E-state index contributed by atoms with van der Waals surface area (Å²) in [5.74, 6) is -1.11. The predicted octanol–water partition coefficient (Wildman–Crippen LogP) is -0.172. The minimum Gasteiger partial charge on any atom is -0.872 e. The summed E-state index contributed by atoms with van der Waals surface area (Å²) < 4.78 is 50.7. The van der Waals surface area contributed by atoms with Gasteiger partial charge in [-0.2, -0.15) is 8.42 Å². The number of methoxy groups -OCH3 is 1. The number of phenols is 1. The Bertz CT molecular complexity index is 1380. The molecule has 2 aromatic carbocycles. The van der Waals surface area contributed by atoms with E-state index in [0.717, 1.165) is 6.08 Å². The number of hydrogen-bond acceptors (Lipinski definition) is 15. The van der Waals surface area contributed by atoms with Gasteiger partial charge in [0.05, 0.1) is 13.2 Å². The first-order valence-corrected chi connectivity index (χ1v) is 14.3.